The van der Waals surface area contributed by atoms with Gasteiger partial charge in [0.2, 0.25) is 5.82 Å². The number of aliphatic hydroxyl groups excluding tert-OH is 1. The van der Waals surface area contributed by atoms with Crippen LogP contribution < -0.4 is 5.32 Å². The molecule has 0 fully saturated rings. The van der Waals surface area contributed by atoms with E-state index in [1.807, 2.05) is 31.2 Å². The SMILES string of the molecule is Cc1ccc(-c2nc(COC(=O)c3cc([N+](=O)[O-])ccc3NCCO)no2)cc1. The zero-order valence-corrected chi connectivity index (χ0v) is 15.5. The van der Waals surface area contributed by atoms with Gasteiger partial charge in [0.05, 0.1) is 17.1 Å². The minimum Gasteiger partial charge on any atom is -0.454 e. The van der Waals surface area contributed by atoms with Gasteiger partial charge in [0.25, 0.3) is 11.6 Å². The highest BCUT2D eigenvalue weighted by Crippen LogP contribution is 2.23. The topological polar surface area (TPSA) is 141 Å². The van der Waals surface area contributed by atoms with Crippen LogP contribution in [0.2, 0.25) is 0 Å². The van der Waals surface area contributed by atoms with Crippen LogP contribution in [0.4, 0.5) is 11.4 Å². The Morgan fingerprint density at radius 1 is 1.28 bits per heavy atom. The van der Waals surface area contributed by atoms with Crippen LogP contribution in [0, 0.1) is 17.0 Å². The molecule has 150 valence electrons. The number of aromatic nitrogens is 2. The van der Waals surface area contributed by atoms with Crippen molar-refractivity contribution in [2.24, 2.45) is 0 Å². The number of nitrogens with zero attached hydrogens (tertiary/aromatic N) is 3. The van der Waals surface area contributed by atoms with Gasteiger partial charge in [-0.2, -0.15) is 4.98 Å². The van der Waals surface area contributed by atoms with Crippen LogP contribution >= 0.6 is 0 Å². The van der Waals surface area contributed by atoms with Gasteiger partial charge in [-0.25, -0.2) is 4.79 Å². The zero-order valence-electron chi connectivity index (χ0n) is 15.5. The maximum absolute atomic E-state index is 12.5. The number of carbonyl (C=O) groups excluding carboxylic acids is 1. The molecule has 1 aromatic heterocycles. The molecule has 0 bridgehead atoms. The molecule has 0 aliphatic carbocycles. The van der Waals surface area contributed by atoms with Gasteiger partial charge in [-0.05, 0) is 25.1 Å². The monoisotopic (exact) mass is 398 g/mol. The summed E-state index contributed by atoms with van der Waals surface area (Å²) in [6, 6.07) is 11.2. The first-order valence-corrected chi connectivity index (χ1v) is 8.68. The van der Waals surface area contributed by atoms with E-state index in [1.54, 1.807) is 0 Å². The average Bonchev–Trinajstić information content (AvgIpc) is 3.19. The van der Waals surface area contributed by atoms with E-state index in [2.05, 4.69) is 15.5 Å². The summed E-state index contributed by atoms with van der Waals surface area (Å²) in [4.78, 5) is 27.0. The number of hydrogen-bond acceptors (Lipinski definition) is 9. The van der Waals surface area contributed by atoms with Crippen molar-refractivity contribution in [3.05, 3.63) is 69.5 Å². The van der Waals surface area contributed by atoms with E-state index in [9.17, 15) is 14.9 Å². The number of nitro groups is 1. The summed E-state index contributed by atoms with van der Waals surface area (Å²) >= 11 is 0. The fraction of sp³-hybridized carbons (Fsp3) is 0.211. The molecule has 0 saturated heterocycles. The number of ether oxygens (including phenoxy) is 1. The van der Waals surface area contributed by atoms with Gasteiger partial charge in [-0.3, -0.25) is 10.1 Å². The summed E-state index contributed by atoms with van der Waals surface area (Å²) in [5.41, 5.74) is 1.84. The lowest BCUT2D eigenvalue weighted by Crippen LogP contribution is -2.13. The van der Waals surface area contributed by atoms with Crippen LogP contribution in [0.25, 0.3) is 11.5 Å². The number of aliphatic hydroxyl groups is 1. The van der Waals surface area contributed by atoms with Gasteiger partial charge in [-0.15, -0.1) is 0 Å². The van der Waals surface area contributed by atoms with Crippen molar-refractivity contribution in [3.8, 4) is 11.5 Å². The lowest BCUT2D eigenvalue weighted by Gasteiger charge is -2.10. The molecule has 0 saturated carbocycles. The number of esters is 1. The van der Waals surface area contributed by atoms with Gasteiger partial charge in [0.15, 0.2) is 6.61 Å². The molecular formula is C19H18N4O6. The van der Waals surface area contributed by atoms with Crippen molar-refractivity contribution in [2.75, 3.05) is 18.5 Å². The van der Waals surface area contributed by atoms with E-state index in [1.165, 1.54) is 12.1 Å². The summed E-state index contributed by atoms with van der Waals surface area (Å²) in [6.07, 6.45) is 0. The minimum absolute atomic E-state index is 0.0325. The maximum atomic E-state index is 12.5. The highest BCUT2D eigenvalue weighted by Gasteiger charge is 2.19. The zero-order chi connectivity index (χ0) is 20.8. The van der Waals surface area contributed by atoms with Gasteiger partial charge < -0.3 is 19.7 Å². The smallest absolute Gasteiger partial charge is 0.340 e. The molecule has 29 heavy (non-hydrogen) atoms. The number of hydrogen-bond donors (Lipinski definition) is 2. The molecule has 2 N–H and O–H groups in total. The van der Waals surface area contributed by atoms with E-state index in [0.717, 1.165) is 17.2 Å². The lowest BCUT2D eigenvalue weighted by atomic mass is 10.1. The highest BCUT2D eigenvalue weighted by molar-refractivity contribution is 5.96. The quantitative estimate of drug-likeness (QED) is 0.333. The normalized spacial score (nSPS) is 10.6. The molecule has 10 nitrogen and oxygen atoms in total. The molecule has 0 radical (unpaired) electrons. The second-order valence-corrected chi connectivity index (χ2v) is 6.10. The highest BCUT2D eigenvalue weighted by atomic mass is 16.6. The van der Waals surface area contributed by atoms with Gasteiger partial charge in [0, 0.05) is 29.9 Å². The molecule has 10 heteroatoms. The van der Waals surface area contributed by atoms with Crippen LogP contribution in [0.5, 0.6) is 0 Å². The van der Waals surface area contributed by atoms with Crippen LogP contribution in [0.1, 0.15) is 21.7 Å². The van der Waals surface area contributed by atoms with Crippen LogP contribution in [0.3, 0.4) is 0 Å². The molecular weight excluding hydrogens is 380 g/mol. The van der Waals surface area contributed by atoms with E-state index < -0.39 is 10.9 Å². The first-order chi connectivity index (χ1) is 14.0. The molecule has 0 aliphatic heterocycles. The Hall–Kier alpha value is -3.79. The summed E-state index contributed by atoms with van der Waals surface area (Å²) in [5, 5.41) is 26.5. The number of non-ortho nitro benzene ring substituents is 1. The summed E-state index contributed by atoms with van der Waals surface area (Å²) in [7, 11) is 0. The Balaban J connectivity index is 1.72. The van der Waals surface area contributed by atoms with E-state index in [4.69, 9.17) is 14.4 Å². The van der Waals surface area contributed by atoms with Crippen molar-refractivity contribution in [3.63, 3.8) is 0 Å². The predicted octanol–water partition coefficient (Wildman–Crippen LogP) is 2.71. The Bertz CT molecular complexity index is 1020. The molecule has 0 spiro atoms. The molecule has 0 atom stereocenters. The van der Waals surface area contributed by atoms with E-state index in [-0.39, 0.29) is 42.7 Å². The number of benzene rings is 2. The van der Waals surface area contributed by atoms with Gasteiger partial charge >= 0.3 is 5.97 Å². The molecule has 3 rings (SSSR count). The first kappa shape index (κ1) is 20.0. The van der Waals surface area contributed by atoms with E-state index in [0.29, 0.717) is 5.69 Å². The Morgan fingerprint density at radius 2 is 2.03 bits per heavy atom. The van der Waals surface area contributed by atoms with Gasteiger partial charge in [0.1, 0.15) is 0 Å². The van der Waals surface area contributed by atoms with Crippen molar-refractivity contribution < 1.29 is 24.1 Å². The third-order valence-corrected chi connectivity index (χ3v) is 3.96. The van der Waals surface area contributed by atoms with Crippen LogP contribution in [0.15, 0.2) is 47.0 Å². The summed E-state index contributed by atoms with van der Waals surface area (Å²) in [5.74, 6) is -0.350. The lowest BCUT2D eigenvalue weighted by molar-refractivity contribution is -0.384. The minimum atomic E-state index is -0.796. The second kappa shape index (κ2) is 8.93. The molecule has 3 aromatic rings. The molecule has 0 aliphatic rings. The fourth-order valence-electron chi connectivity index (χ4n) is 2.49. The average molecular weight is 398 g/mol. The number of rotatable bonds is 8. The first-order valence-electron chi connectivity index (χ1n) is 8.68. The van der Waals surface area contributed by atoms with Gasteiger partial charge in [-0.1, -0.05) is 22.9 Å². The standard InChI is InChI=1S/C19H18N4O6/c1-12-2-4-13(5-3-12)18-21-17(22-29-18)11-28-19(25)15-10-14(23(26)27)6-7-16(15)20-8-9-24/h2-7,10,20,24H,8-9,11H2,1H3. The Kier molecular flexibility index (Phi) is 6.15. The molecule has 2 aromatic carbocycles. The number of aryl methyl sites for hydroxylation is 1. The van der Waals surface area contributed by atoms with Crippen molar-refractivity contribution in [2.45, 2.75) is 13.5 Å². The second-order valence-electron chi connectivity index (χ2n) is 6.10. The van der Waals surface area contributed by atoms with Crippen molar-refractivity contribution in [1.29, 1.82) is 0 Å². The van der Waals surface area contributed by atoms with E-state index >= 15 is 0 Å². The van der Waals surface area contributed by atoms with Crippen molar-refractivity contribution >= 4 is 17.3 Å². The molecule has 0 amide bonds. The van der Waals surface area contributed by atoms with Crippen LogP contribution in [-0.2, 0) is 11.3 Å². The largest absolute Gasteiger partial charge is 0.454 e. The van der Waals surface area contributed by atoms with Crippen molar-refractivity contribution in [1.82, 2.24) is 10.1 Å². The summed E-state index contributed by atoms with van der Waals surface area (Å²) in [6.45, 7) is 1.69. The maximum Gasteiger partial charge on any atom is 0.340 e. The predicted molar refractivity (Wildman–Crippen MR) is 102 cm³/mol. The molecule has 0 unspecified atom stereocenters. The van der Waals surface area contributed by atoms with Crippen LogP contribution in [-0.4, -0.2) is 39.3 Å². The summed E-state index contributed by atoms with van der Waals surface area (Å²) < 4.78 is 10.4. The third-order valence-electron chi connectivity index (χ3n) is 3.96. The fourth-order valence-corrected chi connectivity index (χ4v) is 2.49. The third kappa shape index (κ3) is 4.93. The number of nitrogens with one attached hydrogen (secondary N) is 1. The Labute approximate surface area is 165 Å². The number of carbonyl (C=O) groups is 1. The molecule has 1 heterocycles. The Morgan fingerprint density at radius 3 is 2.72 bits per heavy atom. The number of nitro benzene ring substituents is 1. The number of anilines is 1.